The highest BCUT2D eigenvalue weighted by molar-refractivity contribution is 5.51. The summed E-state index contributed by atoms with van der Waals surface area (Å²) in [6.07, 6.45) is 0. The van der Waals surface area contributed by atoms with Crippen molar-refractivity contribution in [2.75, 3.05) is 46.2 Å². The van der Waals surface area contributed by atoms with E-state index in [4.69, 9.17) is 18.9 Å². The van der Waals surface area contributed by atoms with Crippen molar-refractivity contribution in [2.24, 2.45) is 0 Å². The van der Waals surface area contributed by atoms with Crippen LogP contribution in [0, 0.1) is 0 Å². The minimum atomic E-state index is -0.0798. The molecule has 1 saturated heterocycles. The Kier molecular flexibility index (Phi) is 4.25. The van der Waals surface area contributed by atoms with E-state index in [0.29, 0.717) is 23.9 Å². The highest BCUT2D eigenvalue weighted by Crippen LogP contribution is 2.38. The molecule has 6 nitrogen and oxygen atoms in total. The third-order valence-corrected chi connectivity index (χ3v) is 3.49. The lowest BCUT2D eigenvalue weighted by atomic mass is 10.2. The number of aliphatic hydroxyl groups excluding tert-OH is 1. The molecule has 20 heavy (non-hydrogen) atoms. The number of hydrogen-bond acceptors (Lipinski definition) is 6. The molecule has 0 amide bonds. The second-order valence-corrected chi connectivity index (χ2v) is 4.77. The van der Waals surface area contributed by atoms with Gasteiger partial charge in [0.25, 0.3) is 0 Å². The maximum absolute atomic E-state index is 9.39. The van der Waals surface area contributed by atoms with Crippen molar-refractivity contribution >= 4 is 0 Å². The first-order valence-corrected chi connectivity index (χ1v) is 6.83. The monoisotopic (exact) mass is 281 g/mol. The Morgan fingerprint density at radius 2 is 1.90 bits per heavy atom. The van der Waals surface area contributed by atoms with Crippen LogP contribution in [-0.4, -0.2) is 56.3 Å². The largest absolute Gasteiger partial charge is 0.492 e. The topological polar surface area (TPSA) is 60.4 Å². The van der Waals surface area contributed by atoms with Gasteiger partial charge in [-0.15, -0.1) is 0 Å². The van der Waals surface area contributed by atoms with Gasteiger partial charge in [-0.3, -0.25) is 4.90 Å². The highest BCUT2D eigenvalue weighted by atomic mass is 16.7. The van der Waals surface area contributed by atoms with Crippen molar-refractivity contribution in [1.29, 1.82) is 0 Å². The molecule has 2 aliphatic rings. The number of fused-ring (bicyclic) bond motifs is 1. The molecule has 3 rings (SSSR count). The molecular formula is C14H19NO5. The zero-order chi connectivity index (χ0) is 13.8. The van der Waals surface area contributed by atoms with Crippen LogP contribution in [-0.2, 0) is 11.3 Å². The molecule has 0 atom stereocenters. The summed E-state index contributed by atoms with van der Waals surface area (Å²) in [5.41, 5.74) is 0.719. The van der Waals surface area contributed by atoms with Crippen LogP contribution in [0.1, 0.15) is 5.56 Å². The molecule has 1 aromatic carbocycles. The number of aliphatic hydroxyl groups is 1. The van der Waals surface area contributed by atoms with E-state index in [2.05, 4.69) is 4.90 Å². The minimum Gasteiger partial charge on any atom is -0.492 e. The maximum Gasteiger partial charge on any atom is 0.231 e. The number of hydrogen-bond donors (Lipinski definition) is 1. The van der Waals surface area contributed by atoms with Gasteiger partial charge in [0, 0.05) is 31.3 Å². The highest BCUT2D eigenvalue weighted by Gasteiger charge is 2.18. The number of nitrogens with zero attached hydrogens (tertiary/aromatic N) is 1. The normalized spacial score (nSPS) is 18.2. The van der Waals surface area contributed by atoms with Crippen LogP contribution in [0.25, 0.3) is 0 Å². The van der Waals surface area contributed by atoms with Crippen LogP contribution in [0.2, 0.25) is 0 Å². The molecular weight excluding hydrogens is 262 g/mol. The van der Waals surface area contributed by atoms with Crippen LogP contribution in [0.5, 0.6) is 17.2 Å². The van der Waals surface area contributed by atoms with E-state index in [-0.39, 0.29) is 13.4 Å². The lowest BCUT2D eigenvalue weighted by Crippen LogP contribution is -2.38. The van der Waals surface area contributed by atoms with E-state index >= 15 is 0 Å². The fraction of sp³-hybridized carbons (Fsp3) is 0.571. The van der Waals surface area contributed by atoms with Crippen molar-refractivity contribution < 1.29 is 24.1 Å². The first-order chi connectivity index (χ1) is 9.86. The SMILES string of the molecule is OCc1cc2c(cc1OCCN1CCOCC1)OCO2. The molecule has 0 spiro atoms. The third-order valence-electron chi connectivity index (χ3n) is 3.49. The second-order valence-electron chi connectivity index (χ2n) is 4.77. The molecule has 0 saturated carbocycles. The summed E-state index contributed by atoms with van der Waals surface area (Å²) in [6, 6.07) is 3.56. The minimum absolute atomic E-state index is 0.0798. The van der Waals surface area contributed by atoms with Crippen LogP contribution in [0.3, 0.4) is 0 Å². The van der Waals surface area contributed by atoms with Gasteiger partial charge in [-0.2, -0.15) is 0 Å². The van der Waals surface area contributed by atoms with Gasteiger partial charge in [0.1, 0.15) is 12.4 Å². The van der Waals surface area contributed by atoms with Gasteiger partial charge in [0.05, 0.1) is 19.8 Å². The molecule has 110 valence electrons. The quantitative estimate of drug-likeness (QED) is 0.853. The Hall–Kier alpha value is -1.50. The van der Waals surface area contributed by atoms with Gasteiger partial charge in [0.2, 0.25) is 6.79 Å². The molecule has 0 bridgehead atoms. The zero-order valence-corrected chi connectivity index (χ0v) is 11.3. The molecule has 2 heterocycles. The Bertz CT molecular complexity index is 459. The van der Waals surface area contributed by atoms with Crippen LogP contribution < -0.4 is 14.2 Å². The smallest absolute Gasteiger partial charge is 0.231 e. The molecule has 0 unspecified atom stereocenters. The summed E-state index contributed by atoms with van der Waals surface area (Å²) in [5, 5.41) is 9.39. The fourth-order valence-corrected chi connectivity index (χ4v) is 2.33. The summed E-state index contributed by atoms with van der Waals surface area (Å²) >= 11 is 0. The molecule has 0 aliphatic carbocycles. The van der Waals surface area contributed by atoms with Gasteiger partial charge in [0.15, 0.2) is 11.5 Å². The van der Waals surface area contributed by atoms with E-state index in [1.165, 1.54) is 0 Å². The van der Waals surface area contributed by atoms with E-state index in [0.717, 1.165) is 38.4 Å². The van der Waals surface area contributed by atoms with Gasteiger partial charge >= 0.3 is 0 Å². The number of morpholine rings is 1. The van der Waals surface area contributed by atoms with E-state index in [1.807, 2.05) is 0 Å². The lowest BCUT2D eigenvalue weighted by molar-refractivity contribution is 0.0321. The summed E-state index contributed by atoms with van der Waals surface area (Å²) in [4.78, 5) is 2.30. The van der Waals surface area contributed by atoms with Gasteiger partial charge in [-0.05, 0) is 6.07 Å². The zero-order valence-electron chi connectivity index (χ0n) is 11.3. The maximum atomic E-state index is 9.39. The number of ether oxygens (including phenoxy) is 4. The first kappa shape index (κ1) is 13.5. The lowest BCUT2D eigenvalue weighted by Gasteiger charge is -2.26. The molecule has 6 heteroatoms. The van der Waals surface area contributed by atoms with Crippen LogP contribution in [0.15, 0.2) is 12.1 Å². The van der Waals surface area contributed by atoms with Crippen molar-refractivity contribution in [3.8, 4) is 17.2 Å². The van der Waals surface area contributed by atoms with Crippen LogP contribution >= 0.6 is 0 Å². The molecule has 0 radical (unpaired) electrons. The molecule has 2 aliphatic heterocycles. The van der Waals surface area contributed by atoms with Crippen molar-refractivity contribution in [3.05, 3.63) is 17.7 Å². The van der Waals surface area contributed by atoms with Crippen molar-refractivity contribution in [2.45, 2.75) is 6.61 Å². The van der Waals surface area contributed by atoms with E-state index in [1.54, 1.807) is 12.1 Å². The summed E-state index contributed by atoms with van der Waals surface area (Å²) in [5.74, 6) is 1.99. The fourth-order valence-electron chi connectivity index (χ4n) is 2.33. The molecule has 1 aromatic rings. The standard InChI is InChI=1S/C14H19NO5/c16-9-11-7-13-14(20-10-19-13)8-12(11)18-6-3-15-1-4-17-5-2-15/h7-8,16H,1-6,9-10H2. The summed E-state index contributed by atoms with van der Waals surface area (Å²) in [6.45, 7) is 5.02. The summed E-state index contributed by atoms with van der Waals surface area (Å²) < 4.78 is 21.7. The average molecular weight is 281 g/mol. The molecule has 0 aromatic heterocycles. The van der Waals surface area contributed by atoms with Crippen molar-refractivity contribution in [3.63, 3.8) is 0 Å². The average Bonchev–Trinajstić information content (AvgIpc) is 2.94. The predicted octanol–water partition coefficient (Wildman–Crippen LogP) is 0.619. The van der Waals surface area contributed by atoms with Crippen molar-refractivity contribution in [1.82, 2.24) is 4.90 Å². The summed E-state index contributed by atoms with van der Waals surface area (Å²) in [7, 11) is 0. The second kappa shape index (κ2) is 6.30. The van der Waals surface area contributed by atoms with Crippen LogP contribution in [0.4, 0.5) is 0 Å². The first-order valence-electron chi connectivity index (χ1n) is 6.83. The number of rotatable bonds is 5. The Labute approximate surface area is 117 Å². The predicted molar refractivity (Wildman–Crippen MR) is 71.2 cm³/mol. The molecule has 1 N–H and O–H groups in total. The Morgan fingerprint density at radius 1 is 1.15 bits per heavy atom. The van der Waals surface area contributed by atoms with Gasteiger partial charge in [-0.25, -0.2) is 0 Å². The Balaban J connectivity index is 1.58. The van der Waals surface area contributed by atoms with E-state index in [9.17, 15) is 5.11 Å². The molecule has 1 fully saturated rings. The Morgan fingerprint density at radius 3 is 2.65 bits per heavy atom. The van der Waals surface area contributed by atoms with Gasteiger partial charge in [-0.1, -0.05) is 0 Å². The third kappa shape index (κ3) is 2.98. The van der Waals surface area contributed by atoms with Gasteiger partial charge < -0.3 is 24.1 Å². The van der Waals surface area contributed by atoms with E-state index < -0.39 is 0 Å². The number of benzene rings is 1.